The van der Waals surface area contributed by atoms with E-state index in [1.165, 1.54) is 6.33 Å². The molecule has 2 heterocycles. The average molecular weight is 320 g/mol. The van der Waals surface area contributed by atoms with E-state index >= 15 is 0 Å². The number of aryl methyl sites for hydroxylation is 1. The summed E-state index contributed by atoms with van der Waals surface area (Å²) in [6, 6.07) is 1.59. The summed E-state index contributed by atoms with van der Waals surface area (Å²) in [5.41, 5.74) is 0.815. The molecule has 2 aromatic heterocycles. The molecule has 1 atom stereocenters. The van der Waals surface area contributed by atoms with Crippen LogP contribution in [-0.4, -0.2) is 49.8 Å². The Bertz CT molecular complexity index is 602. The predicted octanol–water partition coefficient (Wildman–Crippen LogP) is 1.70. The van der Waals surface area contributed by atoms with Crippen molar-refractivity contribution in [3.63, 3.8) is 0 Å². The van der Waals surface area contributed by atoms with Crippen LogP contribution >= 0.6 is 11.8 Å². The summed E-state index contributed by atoms with van der Waals surface area (Å²) in [6.07, 6.45) is 6.82. The van der Waals surface area contributed by atoms with Gasteiger partial charge < -0.3 is 14.8 Å². The Hall–Kier alpha value is -2.09. The fraction of sp³-hybridized carbons (Fsp3) is 0.429. The van der Waals surface area contributed by atoms with E-state index in [9.17, 15) is 4.79 Å². The molecule has 0 bridgehead atoms. The maximum atomic E-state index is 12.1. The molecule has 0 aliphatic heterocycles. The van der Waals surface area contributed by atoms with Gasteiger partial charge in [0.2, 0.25) is 0 Å². The Balaban J connectivity index is 1.76. The number of rotatable bonds is 6. The van der Waals surface area contributed by atoms with Gasteiger partial charge in [0.15, 0.2) is 5.16 Å². The van der Waals surface area contributed by atoms with Crippen LogP contribution in [0, 0.1) is 0 Å². The van der Waals surface area contributed by atoms with Gasteiger partial charge in [-0.3, -0.25) is 0 Å². The number of hydrogen-bond acceptors (Lipinski definition) is 5. The van der Waals surface area contributed by atoms with Gasteiger partial charge in [0.1, 0.15) is 6.33 Å². The van der Waals surface area contributed by atoms with Crippen molar-refractivity contribution < 1.29 is 4.79 Å². The first kappa shape index (κ1) is 16.3. The molecule has 0 aliphatic rings. The number of imidazole rings is 1. The minimum Gasteiger partial charge on any atom is -0.337 e. The van der Waals surface area contributed by atoms with Crippen molar-refractivity contribution in [1.82, 2.24) is 29.7 Å². The number of carbonyl (C=O) groups is 1. The second-order valence-electron chi connectivity index (χ2n) is 4.82. The Morgan fingerprint density at radius 2 is 2.27 bits per heavy atom. The summed E-state index contributed by atoms with van der Waals surface area (Å²) in [5.74, 6) is 0.770. The first-order valence-electron chi connectivity index (χ1n) is 6.96. The van der Waals surface area contributed by atoms with E-state index in [2.05, 4.69) is 20.3 Å². The Kier molecular flexibility index (Phi) is 5.76. The zero-order chi connectivity index (χ0) is 15.9. The average Bonchev–Trinajstić information content (AvgIpc) is 2.96. The summed E-state index contributed by atoms with van der Waals surface area (Å²) in [4.78, 5) is 26.0. The minimum atomic E-state index is -0.119. The van der Waals surface area contributed by atoms with Gasteiger partial charge in [-0.05, 0) is 13.0 Å². The lowest BCUT2D eigenvalue weighted by molar-refractivity contribution is 0.194. The lowest BCUT2D eigenvalue weighted by atomic mass is 10.2. The number of nitrogens with one attached hydrogen (secondary N) is 1. The minimum absolute atomic E-state index is 0.106. The van der Waals surface area contributed by atoms with Crippen LogP contribution in [0.4, 0.5) is 4.79 Å². The highest BCUT2D eigenvalue weighted by Crippen LogP contribution is 2.16. The van der Waals surface area contributed by atoms with Crippen molar-refractivity contribution in [2.24, 2.45) is 7.05 Å². The second kappa shape index (κ2) is 7.79. The van der Waals surface area contributed by atoms with Crippen molar-refractivity contribution in [2.75, 3.05) is 19.3 Å². The molecule has 0 aliphatic carbocycles. The summed E-state index contributed by atoms with van der Waals surface area (Å²) in [6.45, 7) is 2.52. The zero-order valence-corrected chi connectivity index (χ0v) is 13.7. The van der Waals surface area contributed by atoms with E-state index in [4.69, 9.17) is 0 Å². The van der Waals surface area contributed by atoms with E-state index in [-0.39, 0.29) is 12.1 Å². The van der Waals surface area contributed by atoms with Gasteiger partial charge in [0.25, 0.3) is 0 Å². The van der Waals surface area contributed by atoms with Crippen LogP contribution in [0.3, 0.4) is 0 Å². The first-order valence-corrected chi connectivity index (χ1v) is 7.95. The Labute approximate surface area is 134 Å². The topological polar surface area (TPSA) is 75.9 Å². The summed E-state index contributed by atoms with van der Waals surface area (Å²) in [5, 5.41) is 3.84. The van der Waals surface area contributed by atoms with Gasteiger partial charge in [-0.1, -0.05) is 11.8 Å². The van der Waals surface area contributed by atoms with Crippen LogP contribution in [0.25, 0.3) is 0 Å². The van der Waals surface area contributed by atoms with Crippen LogP contribution in [0.5, 0.6) is 0 Å². The molecule has 1 N–H and O–H groups in total. The number of thioether (sulfide) groups is 1. The molecule has 7 nitrogen and oxygen atoms in total. The van der Waals surface area contributed by atoms with Crippen molar-refractivity contribution >= 4 is 17.8 Å². The molecule has 1 unspecified atom stereocenters. The van der Waals surface area contributed by atoms with Crippen LogP contribution < -0.4 is 5.32 Å². The van der Waals surface area contributed by atoms with Gasteiger partial charge in [0, 0.05) is 45.0 Å². The quantitative estimate of drug-likeness (QED) is 0.648. The molecular weight excluding hydrogens is 300 g/mol. The normalized spacial score (nSPS) is 12.0. The van der Waals surface area contributed by atoms with Crippen LogP contribution in [0.1, 0.15) is 18.7 Å². The molecule has 8 heteroatoms. The van der Waals surface area contributed by atoms with Gasteiger partial charge >= 0.3 is 6.03 Å². The van der Waals surface area contributed by atoms with Crippen LogP contribution in [-0.2, 0) is 7.05 Å². The molecule has 2 amide bonds. The second-order valence-corrected chi connectivity index (χ2v) is 5.88. The third-order valence-corrected chi connectivity index (χ3v) is 4.38. The van der Waals surface area contributed by atoms with E-state index in [0.29, 0.717) is 6.54 Å². The van der Waals surface area contributed by atoms with E-state index in [1.807, 2.05) is 30.8 Å². The Morgan fingerprint density at radius 3 is 2.91 bits per heavy atom. The maximum absolute atomic E-state index is 12.1. The molecule has 22 heavy (non-hydrogen) atoms. The number of urea groups is 1. The van der Waals surface area contributed by atoms with E-state index in [0.717, 1.165) is 16.6 Å². The molecule has 0 saturated heterocycles. The fourth-order valence-corrected chi connectivity index (χ4v) is 2.62. The number of carbonyl (C=O) groups excluding carboxylic acids is 1. The highest BCUT2D eigenvalue weighted by Gasteiger charge is 2.17. The fourth-order valence-electron chi connectivity index (χ4n) is 1.84. The highest BCUT2D eigenvalue weighted by atomic mass is 32.2. The number of amides is 2. The molecule has 2 rings (SSSR count). The lowest BCUT2D eigenvalue weighted by Gasteiger charge is -2.24. The summed E-state index contributed by atoms with van der Waals surface area (Å²) < 4.78 is 1.95. The largest absolute Gasteiger partial charge is 0.337 e. The SMILES string of the molecule is CC(c1ccncn1)N(C)C(=O)NCCSc1nccn1C. The monoisotopic (exact) mass is 320 g/mol. The predicted molar refractivity (Wildman–Crippen MR) is 85.5 cm³/mol. The molecule has 118 valence electrons. The summed E-state index contributed by atoms with van der Waals surface area (Å²) in [7, 11) is 3.71. The van der Waals surface area contributed by atoms with Gasteiger partial charge in [-0.15, -0.1) is 0 Å². The zero-order valence-electron chi connectivity index (χ0n) is 12.9. The number of aromatic nitrogens is 4. The van der Waals surface area contributed by atoms with Crippen molar-refractivity contribution in [3.8, 4) is 0 Å². The lowest BCUT2D eigenvalue weighted by Crippen LogP contribution is -2.39. The standard InChI is InChI=1S/C14H20N6OS/c1-11(12-4-5-15-10-18-12)20(3)13(21)16-7-9-22-14-17-6-8-19(14)2/h4-6,8,10-11H,7,9H2,1-3H3,(H,16,21). The van der Waals surface area contributed by atoms with Crippen LogP contribution in [0.2, 0.25) is 0 Å². The molecule has 2 aromatic rings. The van der Waals surface area contributed by atoms with Crippen LogP contribution in [0.15, 0.2) is 36.1 Å². The number of hydrogen-bond donors (Lipinski definition) is 1. The first-order chi connectivity index (χ1) is 10.6. The smallest absolute Gasteiger partial charge is 0.317 e. The molecule has 0 radical (unpaired) electrons. The van der Waals surface area contributed by atoms with E-state index < -0.39 is 0 Å². The number of nitrogens with zero attached hydrogens (tertiary/aromatic N) is 5. The highest BCUT2D eigenvalue weighted by molar-refractivity contribution is 7.99. The van der Waals surface area contributed by atoms with Gasteiger partial charge in [-0.25, -0.2) is 19.7 Å². The molecule has 0 saturated carbocycles. The van der Waals surface area contributed by atoms with Gasteiger partial charge in [0.05, 0.1) is 11.7 Å². The third-order valence-electron chi connectivity index (χ3n) is 3.32. The summed E-state index contributed by atoms with van der Waals surface area (Å²) >= 11 is 1.61. The maximum Gasteiger partial charge on any atom is 0.317 e. The molecule has 0 fully saturated rings. The van der Waals surface area contributed by atoms with E-state index in [1.54, 1.807) is 36.1 Å². The molecule has 0 aromatic carbocycles. The van der Waals surface area contributed by atoms with Crippen molar-refractivity contribution in [1.29, 1.82) is 0 Å². The van der Waals surface area contributed by atoms with Crippen molar-refractivity contribution in [2.45, 2.75) is 18.1 Å². The third kappa shape index (κ3) is 4.20. The van der Waals surface area contributed by atoms with Crippen molar-refractivity contribution in [3.05, 3.63) is 36.7 Å². The van der Waals surface area contributed by atoms with Gasteiger partial charge in [-0.2, -0.15) is 0 Å². The molecular formula is C14H20N6OS. The Morgan fingerprint density at radius 1 is 1.45 bits per heavy atom. The molecule has 0 spiro atoms.